The average molecular weight is 257 g/mol. The lowest BCUT2D eigenvalue weighted by Gasteiger charge is -2.21. The predicted molar refractivity (Wildman–Crippen MR) is 75.4 cm³/mol. The van der Waals surface area contributed by atoms with E-state index in [0.717, 1.165) is 30.5 Å². The van der Waals surface area contributed by atoms with E-state index in [2.05, 4.69) is 5.32 Å². The number of carbonyl (C=O) groups is 1. The maximum Gasteiger partial charge on any atom is 0.198 e. The first-order chi connectivity index (χ1) is 9.33. The summed E-state index contributed by atoms with van der Waals surface area (Å²) in [4.78, 5) is 12.1. The Morgan fingerprint density at radius 2 is 2.05 bits per heavy atom. The lowest BCUT2D eigenvalue weighted by atomic mass is 9.92. The topological polar surface area (TPSA) is 42.2 Å². The smallest absolute Gasteiger partial charge is 0.198 e. The van der Waals surface area contributed by atoms with Crippen LogP contribution < -0.4 is 5.32 Å². The Hall–Kier alpha value is -1.61. The van der Waals surface area contributed by atoms with Gasteiger partial charge >= 0.3 is 0 Å². The third kappa shape index (κ3) is 2.87. The first-order valence-electron chi connectivity index (χ1n) is 7.05. The third-order valence-corrected chi connectivity index (χ3v) is 3.94. The van der Waals surface area contributed by atoms with Gasteiger partial charge < -0.3 is 9.73 Å². The van der Waals surface area contributed by atoms with E-state index in [4.69, 9.17) is 4.42 Å². The molecule has 3 rings (SSSR count). The molecule has 1 aliphatic heterocycles. The Kier molecular flexibility index (Phi) is 3.65. The molecular weight excluding hydrogens is 238 g/mol. The van der Waals surface area contributed by atoms with Crippen molar-refractivity contribution in [2.45, 2.75) is 25.7 Å². The fourth-order valence-electron chi connectivity index (χ4n) is 2.75. The van der Waals surface area contributed by atoms with E-state index in [-0.39, 0.29) is 5.78 Å². The Bertz CT molecular complexity index is 534. The van der Waals surface area contributed by atoms with Gasteiger partial charge in [0.25, 0.3) is 0 Å². The van der Waals surface area contributed by atoms with E-state index in [1.165, 1.54) is 12.8 Å². The minimum Gasteiger partial charge on any atom is -0.453 e. The van der Waals surface area contributed by atoms with Crippen molar-refractivity contribution < 1.29 is 9.21 Å². The van der Waals surface area contributed by atoms with Gasteiger partial charge in [-0.3, -0.25) is 4.79 Å². The number of piperidine rings is 1. The fraction of sp³-hybridized carbons (Fsp3) is 0.438. The zero-order valence-corrected chi connectivity index (χ0v) is 11.0. The Morgan fingerprint density at radius 1 is 1.26 bits per heavy atom. The molecule has 2 heterocycles. The molecule has 3 heteroatoms. The third-order valence-electron chi connectivity index (χ3n) is 3.94. The van der Waals surface area contributed by atoms with Gasteiger partial charge in [0.15, 0.2) is 11.5 Å². The zero-order valence-electron chi connectivity index (χ0n) is 11.0. The second-order valence-electron chi connectivity index (χ2n) is 5.30. The van der Waals surface area contributed by atoms with Crippen molar-refractivity contribution in [3.05, 3.63) is 36.1 Å². The SMILES string of the molecule is O=C(CCC1CCNCC1)c1cc2ccccc2o1. The van der Waals surface area contributed by atoms with Gasteiger partial charge in [-0.25, -0.2) is 0 Å². The highest BCUT2D eigenvalue weighted by Gasteiger charge is 2.17. The number of nitrogens with one attached hydrogen (secondary N) is 1. The maximum atomic E-state index is 12.1. The second kappa shape index (κ2) is 5.57. The predicted octanol–water partition coefficient (Wildman–Crippen LogP) is 3.40. The summed E-state index contributed by atoms with van der Waals surface area (Å²) in [7, 11) is 0. The van der Waals surface area contributed by atoms with Crippen molar-refractivity contribution in [1.82, 2.24) is 5.32 Å². The summed E-state index contributed by atoms with van der Waals surface area (Å²) in [5, 5.41) is 4.36. The van der Waals surface area contributed by atoms with E-state index in [9.17, 15) is 4.79 Å². The molecular formula is C16H19NO2. The molecule has 1 saturated heterocycles. The second-order valence-corrected chi connectivity index (χ2v) is 5.30. The summed E-state index contributed by atoms with van der Waals surface area (Å²) >= 11 is 0. The fourth-order valence-corrected chi connectivity index (χ4v) is 2.75. The van der Waals surface area contributed by atoms with Crippen LogP contribution in [0.4, 0.5) is 0 Å². The molecule has 0 radical (unpaired) electrons. The number of furan rings is 1. The molecule has 1 N–H and O–H groups in total. The Labute approximate surface area is 113 Å². The van der Waals surface area contributed by atoms with Crippen molar-refractivity contribution in [2.75, 3.05) is 13.1 Å². The molecule has 0 amide bonds. The van der Waals surface area contributed by atoms with Crippen LogP contribution in [0.3, 0.4) is 0 Å². The number of hydrogen-bond donors (Lipinski definition) is 1. The van der Waals surface area contributed by atoms with Gasteiger partial charge in [0.2, 0.25) is 0 Å². The molecule has 1 aromatic heterocycles. The normalized spacial score (nSPS) is 16.8. The lowest BCUT2D eigenvalue weighted by molar-refractivity contribution is 0.0946. The largest absolute Gasteiger partial charge is 0.453 e. The number of rotatable bonds is 4. The molecule has 19 heavy (non-hydrogen) atoms. The Balaban J connectivity index is 1.63. The van der Waals surface area contributed by atoms with Gasteiger partial charge in [-0.05, 0) is 50.4 Å². The highest BCUT2D eigenvalue weighted by molar-refractivity contribution is 5.97. The van der Waals surface area contributed by atoms with Crippen LogP contribution in [0.25, 0.3) is 11.0 Å². The Morgan fingerprint density at radius 3 is 2.84 bits per heavy atom. The number of para-hydroxylation sites is 1. The first kappa shape index (κ1) is 12.4. The number of fused-ring (bicyclic) bond motifs is 1. The summed E-state index contributed by atoms with van der Waals surface area (Å²) in [6, 6.07) is 9.62. The van der Waals surface area contributed by atoms with Crippen molar-refractivity contribution in [3.8, 4) is 0 Å². The molecule has 2 aromatic rings. The molecule has 0 saturated carbocycles. The molecule has 100 valence electrons. The highest BCUT2D eigenvalue weighted by Crippen LogP contribution is 2.23. The number of benzene rings is 1. The van der Waals surface area contributed by atoms with E-state index in [1.54, 1.807) is 0 Å². The highest BCUT2D eigenvalue weighted by atomic mass is 16.3. The molecule has 0 atom stereocenters. The average Bonchev–Trinajstić information content (AvgIpc) is 2.90. The first-order valence-corrected chi connectivity index (χ1v) is 7.05. The minimum absolute atomic E-state index is 0.134. The van der Waals surface area contributed by atoms with E-state index >= 15 is 0 Å². The standard InChI is InChI=1S/C16H19NO2/c18-14(6-5-12-7-9-17-10-8-12)16-11-13-3-1-2-4-15(13)19-16/h1-4,11-12,17H,5-10H2. The molecule has 0 aliphatic carbocycles. The molecule has 3 nitrogen and oxygen atoms in total. The monoisotopic (exact) mass is 257 g/mol. The number of hydrogen-bond acceptors (Lipinski definition) is 3. The van der Waals surface area contributed by atoms with Gasteiger partial charge in [-0.15, -0.1) is 0 Å². The molecule has 1 fully saturated rings. The summed E-state index contributed by atoms with van der Waals surface area (Å²) in [6.45, 7) is 2.17. The quantitative estimate of drug-likeness (QED) is 0.854. The van der Waals surface area contributed by atoms with Crippen LogP contribution in [0.1, 0.15) is 36.2 Å². The van der Waals surface area contributed by atoms with Crippen LogP contribution in [0.2, 0.25) is 0 Å². The van der Waals surface area contributed by atoms with Crippen molar-refractivity contribution in [1.29, 1.82) is 0 Å². The van der Waals surface area contributed by atoms with Crippen LogP contribution in [-0.2, 0) is 0 Å². The minimum atomic E-state index is 0.134. The van der Waals surface area contributed by atoms with Gasteiger partial charge in [-0.2, -0.15) is 0 Å². The van der Waals surface area contributed by atoms with Gasteiger partial charge in [0, 0.05) is 11.8 Å². The van der Waals surface area contributed by atoms with Crippen LogP contribution in [0.15, 0.2) is 34.7 Å². The van der Waals surface area contributed by atoms with Crippen LogP contribution in [0.5, 0.6) is 0 Å². The molecule has 0 bridgehead atoms. The summed E-state index contributed by atoms with van der Waals surface area (Å²) < 4.78 is 5.61. The van der Waals surface area contributed by atoms with E-state index < -0.39 is 0 Å². The number of Topliss-reactive ketones (excluding diaryl/α,β-unsaturated/α-hetero) is 1. The summed E-state index contributed by atoms with van der Waals surface area (Å²) in [5.41, 5.74) is 0.799. The zero-order chi connectivity index (χ0) is 13.1. The van der Waals surface area contributed by atoms with Crippen LogP contribution in [0, 0.1) is 5.92 Å². The van der Waals surface area contributed by atoms with Crippen molar-refractivity contribution in [3.63, 3.8) is 0 Å². The summed E-state index contributed by atoms with van der Waals surface area (Å²) in [5.74, 6) is 1.33. The number of carbonyl (C=O) groups excluding carboxylic acids is 1. The molecule has 1 aromatic carbocycles. The van der Waals surface area contributed by atoms with Crippen molar-refractivity contribution >= 4 is 16.8 Å². The summed E-state index contributed by atoms with van der Waals surface area (Å²) in [6.07, 6.45) is 3.96. The lowest BCUT2D eigenvalue weighted by Crippen LogP contribution is -2.27. The van der Waals surface area contributed by atoms with Crippen molar-refractivity contribution in [2.24, 2.45) is 5.92 Å². The molecule has 0 unspecified atom stereocenters. The van der Waals surface area contributed by atoms with Crippen LogP contribution in [-0.4, -0.2) is 18.9 Å². The number of ketones is 1. The van der Waals surface area contributed by atoms with Gasteiger partial charge in [0.05, 0.1) is 0 Å². The van der Waals surface area contributed by atoms with Gasteiger partial charge in [-0.1, -0.05) is 18.2 Å². The van der Waals surface area contributed by atoms with Crippen LogP contribution >= 0.6 is 0 Å². The van der Waals surface area contributed by atoms with Gasteiger partial charge in [0.1, 0.15) is 5.58 Å². The maximum absolute atomic E-state index is 12.1. The molecule has 0 spiro atoms. The van der Waals surface area contributed by atoms with E-state index in [1.807, 2.05) is 30.3 Å². The molecule has 1 aliphatic rings. The van der Waals surface area contributed by atoms with E-state index in [0.29, 0.717) is 18.1 Å².